The van der Waals surface area contributed by atoms with Crippen LogP contribution in [0.1, 0.15) is 42.4 Å². The minimum atomic E-state index is -2.46. The SMILES string of the molecule is CCOC(=O)C1CCN(c2cc(C)ccc2Cn2ccnc2NC(=O)[C@]2(F)CNC[C@H]2c2ccc(F)cc2F)CC1. The predicted molar refractivity (Wildman–Crippen MR) is 149 cm³/mol. The van der Waals surface area contributed by atoms with Gasteiger partial charge in [-0.3, -0.25) is 14.9 Å². The van der Waals surface area contributed by atoms with Gasteiger partial charge >= 0.3 is 5.97 Å². The van der Waals surface area contributed by atoms with E-state index in [4.69, 9.17) is 4.74 Å². The predicted octanol–water partition coefficient (Wildman–Crippen LogP) is 4.33. The lowest BCUT2D eigenvalue weighted by molar-refractivity contribution is -0.148. The highest BCUT2D eigenvalue weighted by Gasteiger charge is 2.51. The number of esters is 1. The molecule has 2 aromatic carbocycles. The average molecular weight is 570 g/mol. The molecule has 2 N–H and O–H groups in total. The van der Waals surface area contributed by atoms with Crippen molar-refractivity contribution < 1.29 is 27.5 Å². The fourth-order valence-electron chi connectivity index (χ4n) is 5.73. The number of hydrogen-bond donors (Lipinski definition) is 2. The summed E-state index contributed by atoms with van der Waals surface area (Å²) in [5.41, 5.74) is 0.554. The lowest BCUT2D eigenvalue weighted by atomic mass is 9.85. The molecule has 0 radical (unpaired) electrons. The zero-order valence-corrected chi connectivity index (χ0v) is 23.1. The molecule has 2 aliphatic heterocycles. The second-order valence-electron chi connectivity index (χ2n) is 10.7. The molecule has 0 bridgehead atoms. The Balaban J connectivity index is 1.32. The minimum absolute atomic E-state index is 0.0283. The van der Waals surface area contributed by atoms with Crippen LogP contribution >= 0.6 is 0 Å². The molecule has 41 heavy (non-hydrogen) atoms. The van der Waals surface area contributed by atoms with Crippen molar-refractivity contribution in [1.29, 1.82) is 0 Å². The minimum Gasteiger partial charge on any atom is -0.466 e. The average Bonchev–Trinajstić information content (AvgIpc) is 3.56. The van der Waals surface area contributed by atoms with Crippen LogP contribution < -0.4 is 15.5 Å². The van der Waals surface area contributed by atoms with E-state index in [1.54, 1.807) is 17.7 Å². The van der Waals surface area contributed by atoms with E-state index in [1.807, 2.05) is 19.1 Å². The number of aromatic nitrogens is 2. The molecule has 218 valence electrons. The number of imidazole rings is 1. The number of hydrogen-bond acceptors (Lipinski definition) is 6. The first-order chi connectivity index (χ1) is 19.7. The molecule has 2 saturated heterocycles. The Hall–Kier alpha value is -3.86. The Labute approximate surface area is 236 Å². The normalized spacial score (nSPS) is 21.2. The van der Waals surface area contributed by atoms with Crippen molar-refractivity contribution >= 4 is 23.5 Å². The van der Waals surface area contributed by atoms with Gasteiger partial charge in [0.25, 0.3) is 5.91 Å². The van der Waals surface area contributed by atoms with E-state index in [1.165, 1.54) is 12.3 Å². The monoisotopic (exact) mass is 569 g/mol. The van der Waals surface area contributed by atoms with Crippen LogP contribution in [0.3, 0.4) is 0 Å². The molecule has 0 aliphatic carbocycles. The zero-order chi connectivity index (χ0) is 29.1. The first-order valence-electron chi connectivity index (χ1n) is 13.9. The first-order valence-corrected chi connectivity index (χ1v) is 13.9. The van der Waals surface area contributed by atoms with Crippen molar-refractivity contribution in [2.45, 2.75) is 44.8 Å². The van der Waals surface area contributed by atoms with Gasteiger partial charge in [-0.05, 0) is 55.5 Å². The number of anilines is 2. The lowest BCUT2D eigenvalue weighted by Gasteiger charge is -2.34. The maximum absolute atomic E-state index is 16.2. The number of piperidine rings is 1. The third-order valence-corrected chi connectivity index (χ3v) is 7.98. The molecule has 11 heteroatoms. The Kier molecular flexibility index (Phi) is 8.35. The highest BCUT2D eigenvalue weighted by atomic mass is 19.1. The van der Waals surface area contributed by atoms with Crippen LogP contribution in [-0.4, -0.2) is 59.9 Å². The number of carbonyl (C=O) groups excluding carboxylic acids is 2. The molecule has 1 aromatic heterocycles. The van der Waals surface area contributed by atoms with Gasteiger partial charge in [-0.15, -0.1) is 0 Å². The summed E-state index contributed by atoms with van der Waals surface area (Å²) in [6.45, 7) is 5.66. The van der Waals surface area contributed by atoms with Gasteiger partial charge in [0.2, 0.25) is 11.6 Å². The number of nitrogens with one attached hydrogen (secondary N) is 2. The Bertz CT molecular complexity index is 1420. The highest BCUT2D eigenvalue weighted by molar-refractivity contribution is 5.97. The Morgan fingerprint density at radius 3 is 2.68 bits per heavy atom. The molecule has 3 aromatic rings. The van der Waals surface area contributed by atoms with Crippen LogP contribution in [0.2, 0.25) is 0 Å². The molecule has 2 aliphatic rings. The fraction of sp³-hybridized carbons (Fsp3) is 0.433. The highest BCUT2D eigenvalue weighted by Crippen LogP contribution is 2.38. The molecule has 1 amide bonds. The molecule has 3 heterocycles. The third kappa shape index (κ3) is 5.95. The van der Waals surface area contributed by atoms with Crippen molar-refractivity contribution in [3.8, 4) is 0 Å². The summed E-state index contributed by atoms with van der Waals surface area (Å²) < 4.78 is 51.0. The summed E-state index contributed by atoms with van der Waals surface area (Å²) in [4.78, 5) is 32.0. The second kappa shape index (κ2) is 11.9. The van der Waals surface area contributed by atoms with Crippen LogP contribution in [0, 0.1) is 24.5 Å². The van der Waals surface area contributed by atoms with Crippen LogP contribution in [0.15, 0.2) is 48.8 Å². The standard InChI is InChI=1S/C30H34F3N5O3/c1-3-41-27(39)20-8-11-37(12-9-20)26-14-19(2)4-5-21(26)17-38-13-10-35-29(38)36-28(40)30(33)18-34-16-24(30)23-7-6-22(31)15-25(23)32/h4-7,10,13-15,20,24,34H,3,8-9,11-12,16-18H2,1-2H3,(H,35,36,40)/t24-,30-/m0/s1. The van der Waals surface area contributed by atoms with Crippen molar-refractivity contribution in [2.75, 3.05) is 43.0 Å². The summed E-state index contributed by atoms with van der Waals surface area (Å²) in [7, 11) is 0. The smallest absolute Gasteiger partial charge is 0.309 e. The van der Waals surface area contributed by atoms with E-state index < -0.39 is 29.1 Å². The molecular weight excluding hydrogens is 535 g/mol. The number of halogens is 3. The molecule has 5 rings (SSSR count). The van der Waals surface area contributed by atoms with Gasteiger partial charge in [0.05, 0.1) is 19.1 Å². The lowest BCUT2D eigenvalue weighted by Crippen LogP contribution is -2.45. The zero-order valence-electron chi connectivity index (χ0n) is 23.1. The number of ether oxygens (including phenoxy) is 1. The van der Waals surface area contributed by atoms with Gasteiger partial charge in [-0.2, -0.15) is 0 Å². The van der Waals surface area contributed by atoms with E-state index in [0.717, 1.165) is 22.9 Å². The molecule has 0 spiro atoms. The summed E-state index contributed by atoms with van der Waals surface area (Å²) >= 11 is 0. The number of benzene rings is 2. The van der Waals surface area contributed by atoms with Crippen LogP contribution in [0.4, 0.5) is 24.8 Å². The van der Waals surface area contributed by atoms with Gasteiger partial charge in [0.15, 0.2) is 0 Å². The van der Waals surface area contributed by atoms with E-state index in [0.29, 0.717) is 45.1 Å². The second-order valence-corrected chi connectivity index (χ2v) is 10.7. The van der Waals surface area contributed by atoms with Gasteiger partial charge < -0.3 is 19.5 Å². The summed E-state index contributed by atoms with van der Waals surface area (Å²) in [5, 5.41) is 5.43. The number of aryl methyl sites for hydroxylation is 1. The Morgan fingerprint density at radius 2 is 1.95 bits per heavy atom. The maximum atomic E-state index is 16.2. The van der Waals surface area contributed by atoms with Crippen LogP contribution in [-0.2, 0) is 20.9 Å². The molecule has 2 atom stereocenters. The van der Waals surface area contributed by atoms with Gasteiger partial charge in [-0.1, -0.05) is 18.2 Å². The molecule has 0 saturated carbocycles. The quantitative estimate of drug-likeness (QED) is 0.393. The van der Waals surface area contributed by atoms with Crippen molar-refractivity contribution in [2.24, 2.45) is 5.92 Å². The van der Waals surface area contributed by atoms with Gasteiger partial charge in [0, 0.05) is 56.2 Å². The number of alkyl halides is 1. The first kappa shape index (κ1) is 28.7. The fourth-order valence-corrected chi connectivity index (χ4v) is 5.73. The summed E-state index contributed by atoms with van der Waals surface area (Å²) in [6, 6.07) is 9.04. The summed E-state index contributed by atoms with van der Waals surface area (Å²) in [5.74, 6) is -3.85. The van der Waals surface area contributed by atoms with Gasteiger partial charge in [0.1, 0.15) is 11.6 Å². The molecule has 8 nitrogen and oxygen atoms in total. The van der Waals surface area contributed by atoms with E-state index >= 15 is 4.39 Å². The number of carbonyl (C=O) groups is 2. The number of rotatable bonds is 8. The van der Waals surface area contributed by atoms with Gasteiger partial charge in [-0.25, -0.2) is 18.2 Å². The maximum Gasteiger partial charge on any atom is 0.309 e. The molecule has 0 unspecified atom stereocenters. The van der Waals surface area contributed by atoms with Crippen LogP contribution in [0.5, 0.6) is 0 Å². The topological polar surface area (TPSA) is 88.5 Å². The third-order valence-electron chi connectivity index (χ3n) is 7.98. The van der Waals surface area contributed by atoms with Crippen molar-refractivity contribution in [3.05, 3.63) is 77.1 Å². The van der Waals surface area contributed by atoms with E-state index in [-0.39, 0.29) is 36.5 Å². The van der Waals surface area contributed by atoms with E-state index in [9.17, 15) is 18.4 Å². The van der Waals surface area contributed by atoms with Crippen molar-refractivity contribution in [3.63, 3.8) is 0 Å². The number of nitrogens with zero attached hydrogens (tertiary/aromatic N) is 3. The largest absolute Gasteiger partial charge is 0.466 e. The molecule has 2 fully saturated rings. The van der Waals surface area contributed by atoms with Crippen molar-refractivity contribution in [1.82, 2.24) is 14.9 Å². The number of amides is 1. The van der Waals surface area contributed by atoms with E-state index in [2.05, 4.69) is 26.6 Å². The summed E-state index contributed by atoms with van der Waals surface area (Å²) in [6.07, 6.45) is 4.60. The Morgan fingerprint density at radius 1 is 1.17 bits per heavy atom. The van der Waals surface area contributed by atoms with Crippen LogP contribution in [0.25, 0.3) is 0 Å². The molecular formula is C30H34F3N5O3.